The van der Waals surface area contributed by atoms with Crippen molar-refractivity contribution < 1.29 is 26.3 Å². The fourth-order valence-electron chi connectivity index (χ4n) is 1.98. The van der Waals surface area contributed by atoms with E-state index in [1.165, 1.54) is 36.7 Å². The molecular formula is C15H15F3N2O3S. The van der Waals surface area contributed by atoms with Gasteiger partial charge in [0.05, 0.1) is 18.5 Å². The molecule has 0 aliphatic rings. The first-order valence-electron chi connectivity index (χ1n) is 6.82. The molecule has 0 fully saturated rings. The average molecular weight is 360 g/mol. The Kier molecular flexibility index (Phi) is 5.33. The maximum absolute atomic E-state index is 12.4. The van der Waals surface area contributed by atoms with Crippen LogP contribution in [0.25, 0.3) is 0 Å². The molecule has 0 atom stereocenters. The number of alkyl halides is 3. The van der Waals surface area contributed by atoms with Crippen LogP contribution < -0.4 is 9.04 Å². The van der Waals surface area contributed by atoms with Crippen molar-refractivity contribution in [3.05, 3.63) is 54.4 Å². The predicted molar refractivity (Wildman–Crippen MR) is 83.3 cm³/mol. The monoisotopic (exact) mass is 360 g/mol. The van der Waals surface area contributed by atoms with E-state index in [2.05, 4.69) is 4.98 Å². The lowest BCUT2D eigenvalue weighted by Crippen LogP contribution is -2.30. The summed E-state index contributed by atoms with van der Waals surface area (Å²) in [6.45, 7) is -1.58. The number of ether oxygens (including phenoxy) is 1. The van der Waals surface area contributed by atoms with Gasteiger partial charge in [-0.05, 0) is 23.8 Å². The van der Waals surface area contributed by atoms with Gasteiger partial charge in [-0.15, -0.1) is 0 Å². The van der Waals surface area contributed by atoms with Crippen molar-refractivity contribution in [1.29, 1.82) is 0 Å². The first-order valence-corrected chi connectivity index (χ1v) is 8.67. The molecule has 0 amide bonds. The van der Waals surface area contributed by atoms with Crippen LogP contribution in [0.4, 0.5) is 18.9 Å². The molecule has 0 saturated heterocycles. The van der Waals surface area contributed by atoms with Crippen molar-refractivity contribution >= 4 is 15.7 Å². The van der Waals surface area contributed by atoms with Gasteiger partial charge < -0.3 is 4.74 Å². The Morgan fingerprint density at radius 1 is 1.17 bits per heavy atom. The highest BCUT2D eigenvalue weighted by molar-refractivity contribution is 7.92. The second kappa shape index (κ2) is 7.08. The molecule has 0 N–H and O–H groups in total. The van der Waals surface area contributed by atoms with E-state index in [-0.39, 0.29) is 18.0 Å². The van der Waals surface area contributed by atoms with Crippen LogP contribution in [0.5, 0.6) is 5.75 Å². The largest absolute Gasteiger partial charge is 0.482 e. The molecular weight excluding hydrogens is 345 g/mol. The number of hydrogen-bond acceptors (Lipinski definition) is 4. The van der Waals surface area contributed by atoms with E-state index in [0.717, 1.165) is 10.6 Å². The minimum Gasteiger partial charge on any atom is -0.482 e. The van der Waals surface area contributed by atoms with Crippen LogP contribution >= 0.6 is 0 Å². The number of nitrogens with zero attached hydrogens (tertiary/aromatic N) is 2. The lowest BCUT2D eigenvalue weighted by molar-refractivity contribution is -0.153. The second-order valence-electron chi connectivity index (χ2n) is 5.00. The summed E-state index contributed by atoms with van der Waals surface area (Å²) in [5.41, 5.74) is 0.627. The standard InChI is InChI=1S/C15H15F3N2O3S/c1-24(21,22)20(10-12-5-4-8-19-9-12)13-6-2-3-7-14(13)23-11-15(16,17)18/h2-9H,10-11H2,1H3. The first kappa shape index (κ1) is 18.1. The molecule has 0 unspecified atom stereocenters. The highest BCUT2D eigenvalue weighted by Gasteiger charge is 2.30. The highest BCUT2D eigenvalue weighted by Crippen LogP contribution is 2.32. The van der Waals surface area contributed by atoms with E-state index in [0.29, 0.717) is 5.56 Å². The zero-order chi connectivity index (χ0) is 17.8. The van der Waals surface area contributed by atoms with Crippen molar-refractivity contribution in [1.82, 2.24) is 4.98 Å². The summed E-state index contributed by atoms with van der Waals surface area (Å²) in [7, 11) is -3.75. The molecule has 0 saturated carbocycles. The predicted octanol–water partition coefficient (Wildman–Crippen LogP) is 2.99. The van der Waals surface area contributed by atoms with E-state index >= 15 is 0 Å². The summed E-state index contributed by atoms with van der Waals surface area (Å²) < 4.78 is 67.2. The molecule has 0 bridgehead atoms. The summed E-state index contributed by atoms with van der Waals surface area (Å²) >= 11 is 0. The van der Waals surface area contributed by atoms with E-state index in [9.17, 15) is 21.6 Å². The number of hydrogen-bond donors (Lipinski definition) is 0. The number of benzene rings is 1. The Morgan fingerprint density at radius 3 is 2.46 bits per heavy atom. The summed E-state index contributed by atoms with van der Waals surface area (Å²) in [4.78, 5) is 3.90. The van der Waals surface area contributed by atoms with Crippen LogP contribution in [0.2, 0.25) is 0 Å². The number of sulfonamides is 1. The molecule has 130 valence electrons. The number of halogens is 3. The highest BCUT2D eigenvalue weighted by atomic mass is 32.2. The van der Waals surface area contributed by atoms with Gasteiger partial charge in [-0.25, -0.2) is 8.42 Å². The van der Waals surface area contributed by atoms with Crippen molar-refractivity contribution in [3.8, 4) is 5.75 Å². The lowest BCUT2D eigenvalue weighted by atomic mass is 10.2. The zero-order valence-electron chi connectivity index (χ0n) is 12.7. The molecule has 0 aliphatic carbocycles. The average Bonchev–Trinajstić information content (AvgIpc) is 2.50. The summed E-state index contributed by atoms with van der Waals surface area (Å²) in [6.07, 6.45) is -0.525. The minimum atomic E-state index is -4.52. The quantitative estimate of drug-likeness (QED) is 0.795. The lowest BCUT2D eigenvalue weighted by Gasteiger charge is -2.25. The zero-order valence-corrected chi connectivity index (χ0v) is 13.5. The number of aromatic nitrogens is 1. The third-order valence-electron chi connectivity index (χ3n) is 2.97. The number of anilines is 1. The maximum Gasteiger partial charge on any atom is 0.422 e. The van der Waals surface area contributed by atoms with Gasteiger partial charge >= 0.3 is 6.18 Å². The SMILES string of the molecule is CS(=O)(=O)N(Cc1cccnc1)c1ccccc1OCC(F)(F)F. The third kappa shape index (κ3) is 5.12. The van der Waals surface area contributed by atoms with Crippen molar-refractivity contribution in [3.63, 3.8) is 0 Å². The maximum atomic E-state index is 12.4. The molecule has 2 rings (SSSR count). The Labute approximate surface area is 137 Å². The van der Waals surface area contributed by atoms with Gasteiger partial charge in [0.15, 0.2) is 6.61 Å². The molecule has 9 heteroatoms. The third-order valence-corrected chi connectivity index (χ3v) is 4.10. The molecule has 5 nitrogen and oxygen atoms in total. The Hall–Kier alpha value is -2.29. The molecule has 0 spiro atoms. The number of para-hydroxylation sites is 2. The van der Waals surface area contributed by atoms with Crippen LogP contribution in [0.1, 0.15) is 5.56 Å². The number of pyridine rings is 1. The van der Waals surface area contributed by atoms with Crippen LogP contribution in [0.3, 0.4) is 0 Å². The smallest absolute Gasteiger partial charge is 0.422 e. The van der Waals surface area contributed by atoms with Crippen LogP contribution in [0, 0.1) is 0 Å². The Morgan fingerprint density at radius 2 is 1.88 bits per heavy atom. The van der Waals surface area contributed by atoms with Gasteiger partial charge in [-0.3, -0.25) is 9.29 Å². The van der Waals surface area contributed by atoms with E-state index in [4.69, 9.17) is 4.74 Å². The first-order chi connectivity index (χ1) is 11.2. The Bertz CT molecular complexity index is 780. The van der Waals surface area contributed by atoms with Crippen LogP contribution in [-0.4, -0.2) is 32.4 Å². The molecule has 1 aromatic heterocycles. The van der Waals surface area contributed by atoms with E-state index < -0.39 is 22.8 Å². The van der Waals surface area contributed by atoms with Crippen molar-refractivity contribution in [2.75, 3.05) is 17.2 Å². The minimum absolute atomic E-state index is 0.0353. The fourth-order valence-corrected chi connectivity index (χ4v) is 2.88. The van der Waals surface area contributed by atoms with E-state index in [1.54, 1.807) is 12.1 Å². The molecule has 0 aliphatic heterocycles. The summed E-state index contributed by atoms with van der Waals surface area (Å²) in [5.74, 6) is -0.163. The fraction of sp³-hybridized carbons (Fsp3) is 0.267. The van der Waals surface area contributed by atoms with Gasteiger partial charge in [0.25, 0.3) is 0 Å². The van der Waals surface area contributed by atoms with Gasteiger partial charge in [-0.1, -0.05) is 18.2 Å². The van der Waals surface area contributed by atoms with Gasteiger partial charge in [-0.2, -0.15) is 13.2 Å². The van der Waals surface area contributed by atoms with Gasteiger partial charge in [0.2, 0.25) is 10.0 Å². The summed E-state index contributed by atoms with van der Waals surface area (Å²) in [5, 5.41) is 0. The van der Waals surface area contributed by atoms with Gasteiger partial charge in [0, 0.05) is 12.4 Å². The van der Waals surface area contributed by atoms with Crippen molar-refractivity contribution in [2.45, 2.75) is 12.7 Å². The number of rotatable bonds is 6. The summed E-state index contributed by atoms with van der Waals surface area (Å²) in [6, 6.07) is 8.99. The Balaban J connectivity index is 2.37. The van der Waals surface area contributed by atoms with Gasteiger partial charge in [0.1, 0.15) is 5.75 Å². The molecule has 1 aromatic carbocycles. The molecule has 2 aromatic rings. The molecule has 0 radical (unpaired) electrons. The van der Waals surface area contributed by atoms with E-state index in [1.807, 2.05) is 0 Å². The molecule has 24 heavy (non-hydrogen) atoms. The van der Waals surface area contributed by atoms with Crippen LogP contribution in [-0.2, 0) is 16.6 Å². The topological polar surface area (TPSA) is 59.5 Å². The second-order valence-corrected chi connectivity index (χ2v) is 6.91. The van der Waals surface area contributed by atoms with Crippen LogP contribution in [0.15, 0.2) is 48.8 Å². The molecule has 1 heterocycles. The normalized spacial score (nSPS) is 12.0. The van der Waals surface area contributed by atoms with Crippen molar-refractivity contribution in [2.24, 2.45) is 0 Å².